The standard InChI is InChI=1S/C13H20O/c1-11-7-3-5-9-13(11)10-6-4-8-12(2)14/h3,6-7,10-11,13H,4-5,8-9H2,1-2H3. The zero-order valence-corrected chi connectivity index (χ0v) is 9.20. The Morgan fingerprint density at radius 3 is 3.00 bits per heavy atom. The molecule has 0 aliphatic heterocycles. The van der Waals surface area contributed by atoms with Crippen molar-refractivity contribution in [2.75, 3.05) is 0 Å². The van der Waals surface area contributed by atoms with E-state index in [1.54, 1.807) is 6.92 Å². The van der Waals surface area contributed by atoms with Crippen molar-refractivity contribution < 1.29 is 4.79 Å². The highest BCUT2D eigenvalue weighted by Gasteiger charge is 2.13. The zero-order chi connectivity index (χ0) is 10.4. The molecule has 0 spiro atoms. The largest absolute Gasteiger partial charge is 0.300 e. The molecule has 0 saturated carbocycles. The van der Waals surface area contributed by atoms with Crippen LogP contribution < -0.4 is 0 Å². The fourth-order valence-corrected chi connectivity index (χ4v) is 1.83. The Kier molecular flexibility index (Phi) is 4.64. The molecule has 0 radical (unpaired) electrons. The summed E-state index contributed by atoms with van der Waals surface area (Å²) in [6.07, 6.45) is 13.1. The van der Waals surface area contributed by atoms with E-state index < -0.39 is 0 Å². The second kappa shape index (κ2) is 5.79. The number of ketones is 1. The fraction of sp³-hybridized carbons (Fsp3) is 0.615. The Labute approximate surface area is 86.9 Å². The van der Waals surface area contributed by atoms with Crippen LogP contribution in [0.5, 0.6) is 0 Å². The molecule has 14 heavy (non-hydrogen) atoms. The number of Topliss-reactive ketones (excluding diaryl/α,β-unsaturated/α-hetero) is 1. The smallest absolute Gasteiger partial charge is 0.130 e. The van der Waals surface area contributed by atoms with E-state index in [2.05, 4.69) is 31.2 Å². The van der Waals surface area contributed by atoms with Gasteiger partial charge in [0.25, 0.3) is 0 Å². The number of carbonyl (C=O) groups excluding carboxylic acids is 1. The molecule has 0 bridgehead atoms. The van der Waals surface area contributed by atoms with Crippen LogP contribution in [0.15, 0.2) is 24.3 Å². The molecule has 0 fully saturated rings. The van der Waals surface area contributed by atoms with E-state index in [-0.39, 0.29) is 5.78 Å². The van der Waals surface area contributed by atoms with Crippen LogP contribution in [0.25, 0.3) is 0 Å². The van der Waals surface area contributed by atoms with Gasteiger partial charge in [-0.05, 0) is 38.0 Å². The maximum Gasteiger partial charge on any atom is 0.130 e. The first-order valence-corrected chi connectivity index (χ1v) is 5.53. The van der Waals surface area contributed by atoms with E-state index >= 15 is 0 Å². The van der Waals surface area contributed by atoms with Crippen LogP contribution in [0.1, 0.15) is 39.5 Å². The molecule has 0 aromatic rings. The van der Waals surface area contributed by atoms with Gasteiger partial charge in [0, 0.05) is 6.42 Å². The molecule has 78 valence electrons. The Morgan fingerprint density at radius 2 is 2.36 bits per heavy atom. The third-order valence-corrected chi connectivity index (χ3v) is 2.83. The Morgan fingerprint density at radius 1 is 1.57 bits per heavy atom. The van der Waals surface area contributed by atoms with Gasteiger partial charge in [-0.1, -0.05) is 31.2 Å². The van der Waals surface area contributed by atoms with E-state index in [0.717, 1.165) is 6.42 Å². The van der Waals surface area contributed by atoms with E-state index in [1.807, 2.05) is 0 Å². The van der Waals surface area contributed by atoms with Crippen LogP contribution in [0.2, 0.25) is 0 Å². The molecule has 0 amide bonds. The quantitative estimate of drug-likeness (QED) is 0.623. The van der Waals surface area contributed by atoms with Gasteiger partial charge in [0.15, 0.2) is 0 Å². The zero-order valence-electron chi connectivity index (χ0n) is 9.20. The molecule has 1 rings (SSSR count). The van der Waals surface area contributed by atoms with Gasteiger partial charge in [-0.2, -0.15) is 0 Å². The number of allylic oxidation sites excluding steroid dienone is 4. The summed E-state index contributed by atoms with van der Waals surface area (Å²) in [6.45, 7) is 3.91. The second-order valence-electron chi connectivity index (χ2n) is 4.20. The maximum atomic E-state index is 10.7. The van der Waals surface area contributed by atoms with E-state index in [9.17, 15) is 4.79 Å². The topological polar surface area (TPSA) is 17.1 Å². The van der Waals surface area contributed by atoms with Gasteiger partial charge in [0.1, 0.15) is 5.78 Å². The lowest BCUT2D eigenvalue weighted by atomic mass is 9.85. The average Bonchev–Trinajstić information content (AvgIpc) is 2.15. The molecule has 1 nitrogen and oxygen atoms in total. The monoisotopic (exact) mass is 192 g/mol. The van der Waals surface area contributed by atoms with Crippen molar-refractivity contribution in [1.29, 1.82) is 0 Å². The highest BCUT2D eigenvalue weighted by atomic mass is 16.1. The molecule has 0 aromatic heterocycles. The summed E-state index contributed by atoms with van der Waals surface area (Å²) in [4.78, 5) is 10.7. The molecule has 0 aromatic carbocycles. The molecular formula is C13H20O. The molecule has 0 saturated heterocycles. The third-order valence-electron chi connectivity index (χ3n) is 2.83. The molecule has 0 heterocycles. The first-order chi connectivity index (χ1) is 6.70. The van der Waals surface area contributed by atoms with Crippen molar-refractivity contribution in [2.45, 2.75) is 39.5 Å². The van der Waals surface area contributed by atoms with E-state index in [4.69, 9.17) is 0 Å². The lowest BCUT2D eigenvalue weighted by Gasteiger charge is -2.20. The van der Waals surface area contributed by atoms with Crippen LogP contribution in [-0.2, 0) is 4.79 Å². The van der Waals surface area contributed by atoms with Crippen molar-refractivity contribution in [3.63, 3.8) is 0 Å². The SMILES string of the molecule is CC(=O)CCC=CC1CCC=CC1C. The molecule has 2 unspecified atom stereocenters. The molecule has 1 aliphatic rings. The highest BCUT2D eigenvalue weighted by Crippen LogP contribution is 2.25. The lowest BCUT2D eigenvalue weighted by Crippen LogP contribution is -2.09. The summed E-state index contributed by atoms with van der Waals surface area (Å²) in [5.74, 6) is 1.63. The van der Waals surface area contributed by atoms with Gasteiger partial charge in [0.05, 0.1) is 0 Å². The van der Waals surface area contributed by atoms with Gasteiger partial charge in [-0.25, -0.2) is 0 Å². The summed E-state index contributed by atoms with van der Waals surface area (Å²) >= 11 is 0. The van der Waals surface area contributed by atoms with Crippen molar-refractivity contribution in [1.82, 2.24) is 0 Å². The molecule has 2 atom stereocenters. The lowest BCUT2D eigenvalue weighted by molar-refractivity contribution is -0.116. The van der Waals surface area contributed by atoms with Gasteiger partial charge in [0.2, 0.25) is 0 Å². The predicted molar refractivity (Wildman–Crippen MR) is 60.1 cm³/mol. The maximum absolute atomic E-state index is 10.7. The molecule has 1 aliphatic carbocycles. The fourth-order valence-electron chi connectivity index (χ4n) is 1.83. The van der Waals surface area contributed by atoms with Crippen LogP contribution >= 0.6 is 0 Å². The minimum atomic E-state index is 0.284. The van der Waals surface area contributed by atoms with Gasteiger partial charge < -0.3 is 4.79 Å². The number of carbonyl (C=O) groups is 1. The minimum absolute atomic E-state index is 0.284. The first-order valence-electron chi connectivity index (χ1n) is 5.53. The van der Waals surface area contributed by atoms with Gasteiger partial charge >= 0.3 is 0 Å². The number of rotatable bonds is 4. The molecule has 1 heteroatoms. The summed E-state index contributed by atoms with van der Waals surface area (Å²) in [6, 6.07) is 0. The number of hydrogen-bond acceptors (Lipinski definition) is 1. The van der Waals surface area contributed by atoms with Crippen molar-refractivity contribution >= 4 is 5.78 Å². The predicted octanol–water partition coefficient (Wildman–Crippen LogP) is 3.51. The van der Waals surface area contributed by atoms with Crippen molar-refractivity contribution in [2.24, 2.45) is 11.8 Å². The van der Waals surface area contributed by atoms with Crippen LogP contribution in [0, 0.1) is 11.8 Å². The summed E-state index contributed by atoms with van der Waals surface area (Å²) in [5, 5.41) is 0. The Bertz CT molecular complexity index is 238. The van der Waals surface area contributed by atoms with Crippen LogP contribution in [0.3, 0.4) is 0 Å². The number of hydrogen-bond donors (Lipinski definition) is 0. The minimum Gasteiger partial charge on any atom is -0.300 e. The summed E-state index contributed by atoms with van der Waals surface area (Å²) in [7, 11) is 0. The normalized spacial score (nSPS) is 27.0. The van der Waals surface area contributed by atoms with E-state index in [0.29, 0.717) is 18.3 Å². The highest BCUT2D eigenvalue weighted by molar-refractivity contribution is 5.75. The second-order valence-corrected chi connectivity index (χ2v) is 4.20. The van der Waals surface area contributed by atoms with Crippen LogP contribution in [-0.4, -0.2) is 5.78 Å². The molecular weight excluding hydrogens is 172 g/mol. The average molecular weight is 192 g/mol. The molecule has 0 N–H and O–H groups in total. The van der Waals surface area contributed by atoms with Crippen LogP contribution in [0.4, 0.5) is 0 Å². The Balaban J connectivity index is 2.28. The van der Waals surface area contributed by atoms with Gasteiger partial charge in [-0.3, -0.25) is 0 Å². The Hall–Kier alpha value is -0.850. The van der Waals surface area contributed by atoms with E-state index in [1.165, 1.54) is 12.8 Å². The van der Waals surface area contributed by atoms with Crippen molar-refractivity contribution in [3.05, 3.63) is 24.3 Å². The first kappa shape index (κ1) is 11.2. The summed E-state index contributed by atoms with van der Waals surface area (Å²) < 4.78 is 0. The third kappa shape index (κ3) is 3.91. The summed E-state index contributed by atoms with van der Waals surface area (Å²) in [5.41, 5.74) is 0. The van der Waals surface area contributed by atoms with Gasteiger partial charge in [-0.15, -0.1) is 0 Å². The van der Waals surface area contributed by atoms with Crippen molar-refractivity contribution in [3.8, 4) is 0 Å².